The van der Waals surface area contributed by atoms with Gasteiger partial charge in [-0.25, -0.2) is 0 Å². The molecule has 2 aromatic rings. The van der Waals surface area contributed by atoms with Crippen molar-refractivity contribution in [3.05, 3.63) is 72.3 Å². The lowest BCUT2D eigenvalue weighted by molar-refractivity contribution is -0.0338. The van der Waals surface area contributed by atoms with Crippen molar-refractivity contribution in [3.63, 3.8) is 0 Å². The van der Waals surface area contributed by atoms with E-state index in [4.69, 9.17) is 10.5 Å². The van der Waals surface area contributed by atoms with Gasteiger partial charge < -0.3 is 10.5 Å². The zero-order valence-corrected chi connectivity index (χ0v) is 13.5. The second-order valence-corrected chi connectivity index (χ2v) is 6.22. The maximum Gasteiger partial charge on any atom is 0.0724 e. The number of allylic oxidation sites excluding steroid dienone is 1. The van der Waals surface area contributed by atoms with Crippen molar-refractivity contribution in [2.24, 2.45) is 0 Å². The number of para-hydroxylation sites is 1. The number of nitrogen functional groups attached to an aromatic ring is 1. The van der Waals surface area contributed by atoms with Crippen LogP contribution < -0.4 is 5.73 Å². The van der Waals surface area contributed by atoms with Crippen LogP contribution in [-0.2, 0) is 11.3 Å². The minimum absolute atomic E-state index is 0.192. The Bertz CT molecular complexity index is 617. The highest BCUT2D eigenvalue weighted by Gasteiger charge is 2.19. The summed E-state index contributed by atoms with van der Waals surface area (Å²) in [7, 11) is 0. The highest BCUT2D eigenvalue weighted by Crippen LogP contribution is 2.28. The topological polar surface area (TPSA) is 35.2 Å². The second kappa shape index (κ2) is 7.28. The van der Waals surface area contributed by atoms with E-state index in [1.54, 1.807) is 0 Å². The minimum Gasteiger partial charge on any atom is -0.398 e. The monoisotopic (exact) mass is 295 g/mol. The molecule has 116 valence electrons. The molecule has 2 nitrogen and oxygen atoms in total. The number of benzene rings is 2. The van der Waals surface area contributed by atoms with Crippen LogP contribution in [0.4, 0.5) is 5.69 Å². The van der Waals surface area contributed by atoms with Crippen LogP contribution in [0, 0.1) is 0 Å². The molecule has 0 fully saturated rings. The number of anilines is 1. The summed E-state index contributed by atoms with van der Waals surface area (Å²) in [5, 5.41) is 0. The molecule has 0 aromatic heterocycles. The average Bonchev–Trinajstić information content (AvgIpc) is 2.52. The van der Waals surface area contributed by atoms with Gasteiger partial charge in [0.25, 0.3) is 0 Å². The summed E-state index contributed by atoms with van der Waals surface area (Å²) in [6.45, 7) is 9.05. The number of rotatable bonds is 7. The molecule has 0 amide bonds. The summed E-state index contributed by atoms with van der Waals surface area (Å²) in [4.78, 5) is 0. The molecular formula is C20H25NO. The molecule has 2 rings (SSSR count). The van der Waals surface area contributed by atoms with Crippen LogP contribution >= 0.6 is 0 Å². The molecule has 0 spiro atoms. The Labute approximate surface area is 133 Å². The van der Waals surface area contributed by atoms with E-state index in [1.807, 2.05) is 42.5 Å². The second-order valence-electron chi connectivity index (χ2n) is 6.22. The van der Waals surface area contributed by atoms with Crippen LogP contribution in [0.1, 0.15) is 37.8 Å². The van der Waals surface area contributed by atoms with E-state index in [1.165, 1.54) is 5.56 Å². The summed E-state index contributed by atoms with van der Waals surface area (Å²) < 4.78 is 6.06. The van der Waals surface area contributed by atoms with E-state index < -0.39 is 0 Å². The third kappa shape index (κ3) is 4.74. The average molecular weight is 295 g/mol. The van der Waals surface area contributed by atoms with Crippen molar-refractivity contribution in [2.45, 2.75) is 38.9 Å². The van der Waals surface area contributed by atoms with E-state index in [-0.39, 0.29) is 5.60 Å². The Morgan fingerprint density at radius 1 is 1.05 bits per heavy atom. The number of hydrogen-bond acceptors (Lipinski definition) is 2. The first-order chi connectivity index (χ1) is 10.5. The SMILES string of the molecule is C=C(CCC(C)(C)OCc1ccccc1)c1ccccc1N. The Kier molecular flexibility index (Phi) is 5.40. The van der Waals surface area contributed by atoms with Crippen molar-refractivity contribution in [1.82, 2.24) is 0 Å². The first-order valence-corrected chi connectivity index (χ1v) is 7.68. The van der Waals surface area contributed by atoms with Crippen LogP contribution in [0.25, 0.3) is 5.57 Å². The maximum absolute atomic E-state index is 6.06. The molecule has 22 heavy (non-hydrogen) atoms. The molecule has 0 saturated carbocycles. The van der Waals surface area contributed by atoms with Gasteiger partial charge in [0, 0.05) is 5.69 Å². The largest absolute Gasteiger partial charge is 0.398 e. The van der Waals surface area contributed by atoms with Gasteiger partial charge in [-0.15, -0.1) is 0 Å². The van der Waals surface area contributed by atoms with Crippen molar-refractivity contribution in [1.29, 1.82) is 0 Å². The summed E-state index contributed by atoms with van der Waals surface area (Å²) in [5.41, 5.74) is 9.90. The minimum atomic E-state index is -0.192. The van der Waals surface area contributed by atoms with E-state index in [0.717, 1.165) is 29.7 Å². The highest BCUT2D eigenvalue weighted by molar-refractivity contribution is 5.73. The van der Waals surface area contributed by atoms with Crippen LogP contribution in [0.5, 0.6) is 0 Å². The van der Waals surface area contributed by atoms with Gasteiger partial charge in [-0.3, -0.25) is 0 Å². The Morgan fingerprint density at radius 3 is 2.36 bits per heavy atom. The smallest absolute Gasteiger partial charge is 0.0724 e. The standard InChI is InChI=1S/C20H25NO/c1-16(18-11-7-8-12-19(18)21)13-14-20(2,3)22-15-17-9-5-4-6-10-17/h4-12H,1,13-15,21H2,2-3H3. The molecule has 2 aromatic carbocycles. The van der Waals surface area contributed by atoms with Crippen LogP contribution in [0.15, 0.2) is 61.2 Å². The van der Waals surface area contributed by atoms with E-state index in [2.05, 4.69) is 32.6 Å². The van der Waals surface area contributed by atoms with Crippen LogP contribution in [0.2, 0.25) is 0 Å². The summed E-state index contributed by atoms with van der Waals surface area (Å²) in [6, 6.07) is 18.1. The molecule has 2 heteroatoms. The molecule has 0 radical (unpaired) electrons. The fourth-order valence-electron chi connectivity index (χ4n) is 2.33. The van der Waals surface area contributed by atoms with Gasteiger partial charge in [-0.1, -0.05) is 55.1 Å². The molecule has 0 bridgehead atoms. The molecule has 0 saturated heterocycles. The lowest BCUT2D eigenvalue weighted by Gasteiger charge is -2.26. The van der Waals surface area contributed by atoms with Gasteiger partial charge in [0.05, 0.1) is 12.2 Å². The third-order valence-corrected chi connectivity index (χ3v) is 3.84. The molecule has 0 aliphatic heterocycles. The predicted octanol–water partition coefficient (Wildman–Crippen LogP) is 5.06. The van der Waals surface area contributed by atoms with E-state index in [0.29, 0.717) is 6.61 Å². The number of ether oxygens (including phenoxy) is 1. The zero-order chi connectivity index (χ0) is 16.0. The van der Waals surface area contributed by atoms with Crippen molar-refractivity contribution in [3.8, 4) is 0 Å². The third-order valence-electron chi connectivity index (χ3n) is 3.84. The first kappa shape index (κ1) is 16.3. The summed E-state index contributed by atoms with van der Waals surface area (Å²) in [5.74, 6) is 0. The van der Waals surface area contributed by atoms with Gasteiger partial charge in [0.1, 0.15) is 0 Å². The fourth-order valence-corrected chi connectivity index (χ4v) is 2.33. The molecule has 0 unspecified atom stereocenters. The zero-order valence-electron chi connectivity index (χ0n) is 13.5. The molecule has 0 heterocycles. The van der Waals surface area contributed by atoms with Crippen molar-refractivity contribution < 1.29 is 4.74 Å². The van der Waals surface area contributed by atoms with Crippen LogP contribution in [0.3, 0.4) is 0 Å². The van der Waals surface area contributed by atoms with E-state index >= 15 is 0 Å². The lowest BCUT2D eigenvalue weighted by Crippen LogP contribution is -2.24. The Balaban J connectivity index is 1.87. The quantitative estimate of drug-likeness (QED) is 0.725. The van der Waals surface area contributed by atoms with Gasteiger partial charge in [-0.05, 0) is 49.5 Å². The summed E-state index contributed by atoms with van der Waals surface area (Å²) in [6.07, 6.45) is 1.78. The maximum atomic E-state index is 6.06. The fraction of sp³-hybridized carbons (Fsp3) is 0.300. The van der Waals surface area contributed by atoms with Gasteiger partial charge >= 0.3 is 0 Å². The van der Waals surface area contributed by atoms with Gasteiger partial charge in [0.15, 0.2) is 0 Å². The molecule has 0 aliphatic rings. The van der Waals surface area contributed by atoms with Gasteiger partial charge in [-0.2, -0.15) is 0 Å². The molecular weight excluding hydrogens is 270 g/mol. The van der Waals surface area contributed by atoms with Crippen molar-refractivity contribution >= 4 is 11.3 Å². The number of hydrogen-bond donors (Lipinski definition) is 1. The molecule has 0 aliphatic carbocycles. The van der Waals surface area contributed by atoms with E-state index in [9.17, 15) is 0 Å². The molecule has 2 N–H and O–H groups in total. The Morgan fingerprint density at radius 2 is 1.68 bits per heavy atom. The lowest BCUT2D eigenvalue weighted by atomic mass is 9.94. The van der Waals surface area contributed by atoms with Crippen molar-refractivity contribution in [2.75, 3.05) is 5.73 Å². The van der Waals surface area contributed by atoms with Crippen LogP contribution in [-0.4, -0.2) is 5.60 Å². The van der Waals surface area contributed by atoms with Gasteiger partial charge in [0.2, 0.25) is 0 Å². The number of nitrogens with two attached hydrogens (primary N) is 1. The predicted molar refractivity (Wildman–Crippen MR) is 94.4 cm³/mol. The normalized spacial score (nSPS) is 11.4. The summed E-state index contributed by atoms with van der Waals surface area (Å²) >= 11 is 0. The Hall–Kier alpha value is -2.06. The first-order valence-electron chi connectivity index (χ1n) is 7.68. The molecule has 0 atom stereocenters. The highest BCUT2D eigenvalue weighted by atomic mass is 16.5.